The summed E-state index contributed by atoms with van der Waals surface area (Å²) >= 11 is 0. The number of nitrogens with one attached hydrogen (secondary N) is 1. The average molecular weight is 279 g/mol. The maximum Gasteiger partial charge on any atom is 0.433 e. The summed E-state index contributed by atoms with van der Waals surface area (Å²) in [6.07, 6.45) is 5.02. The van der Waals surface area contributed by atoms with E-state index in [-0.39, 0.29) is 5.88 Å². The predicted molar refractivity (Wildman–Crippen MR) is 74.4 cm³/mol. The van der Waals surface area contributed by atoms with Gasteiger partial charge in [0.2, 0.25) is 0 Å². The molecule has 0 saturated carbocycles. The Bertz CT molecular complexity index is 474. The first-order valence-electron chi connectivity index (χ1n) is 7.33. The van der Waals surface area contributed by atoms with Gasteiger partial charge in [0.25, 0.3) is 0 Å². The lowest BCUT2D eigenvalue weighted by molar-refractivity contribution is -0.402. The smallest absolute Gasteiger partial charge is 0.404 e. The Morgan fingerprint density at radius 1 is 1.40 bits per heavy atom. The van der Waals surface area contributed by atoms with Gasteiger partial charge in [0.15, 0.2) is 0 Å². The molecule has 110 valence electrons. The Morgan fingerprint density at radius 2 is 2.25 bits per heavy atom. The van der Waals surface area contributed by atoms with Gasteiger partial charge >= 0.3 is 5.88 Å². The van der Waals surface area contributed by atoms with Crippen molar-refractivity contribution in [1.29, 1.82) is 0 Å². The summed E-state index contributed by atoms with van der Waals surface area (Å²) in [7, 11) is 0. The van der Waals surface area contributed by atoms with E-state index in [1.165, 1.54) is 31.7 Å². The van der Waals surface area contributed by atoms with Crippen LogP contribution in [0.25, 0.3) is 0 Å². The molecule has 0 amide bonds. The number of furan rings is 1. The monoisotopic (exact) mass is 279 g/mol. The molecule has 0 aliphatic carbocycles. The summed E-state index contributed by atoms with van der Waals surface area (Å²) in [5.74, 6) is 0.531. The lowest BCUT2D eigenvalue weighted by Crippen LogP contribution is -2.50. The molecule has 1 N–H and O–H groups in total. The van der Waals surface area contributed by atoms with Crippen molar-refractivity contribution < 1.29 is 9.34 Å². The van der Waals surface area contributed by atoms with Gasteiger partial charge in [0, 0.05) is 13.1 Å². The molecular weight excluding hydrogens is 258 g/mol. The van der Waals surface area contributed by atoms with Crippen LogP contribution in [0.2, 0.25) is 0 Å². The molecule has 1 spiro atoms. The van der Waals surface area contributed by atoms with E-state index in [9.17, 15) is 10.1 Å². The fraction of sp³-hybridized carbons (Fsp3) is 0.714. The van der Waals surface area contributed by atoms with Crippen LogP contribution >= 0.6 is 0 Å². The van der Waals surface area contributed by atoms with Gasteiger partial charge in [0.1, 0.15) is 10.7 Å². The van der Waals surface area contributed by atoms with Gasteiger partial charge in [-0.05, 0) is 50.3 Å². The summed E-state index contributed by atoms with van der Waals surface area (Å²) in [6, 6.07) is 3.16. The van der Waals surface area contributed by atoms with Crippen LogP contribution in [0.1, 0.15) is 31.4 Å². The molecule has 6 heteroatoms. The zero-order valence-corrected chi connectivity index (χ0v) is 11.6. The van der Waals surface area contributed by atoms with Crippen LogP contribution in [-0.4, -0.2) is 36.0 Å². The van der Waals surface area contributed by atoms with Gasteiger partial charge in [-0.1, -0.05) is 0 Å². The highest BCUT2D eigenvalue weighted by Crippen LogP contribution is 2.36. The normalized spacial score (nSPS) is 27.8. The minimum absolute atomic E-state index is 0.161. The minimum atomic E-state index is -0.480. The van der Waals surface area contributed by atoms with E-state index in [0.29, 0.717) is 17.7 Å². The number of hydrogen-bond acceptors (Lipinski definition) is 5. The quantitative estimate of drug-likeness (QED) is 0.678. The lowest BCUT2D eigenvalue weighted by atomic mass is 9.74. The van der Waals surface area contributed by atoms with Crippen molar-refractivity contribution in [3.8, 4) is 0 Å². The Morgan fingerprint density at radius 3 is 2.95 bits per heavy atom. The van der Waals surface area contributed by atoms with Crippen molar-refractivity contribution in [1.82, 2.24) is 10.2 Å². The van der Waals surface area contributed by atoms with Crippen molar-refractivity contribution in [2.24, 2.45) is 5.41 Å². The highest BCUT2D eigenvalue weighted by atomic mass is 16.6. The zero-order valence-electron chi connectivity index (χ0n) is 11.6. The van der Waals surface area contributed by atoms with Gasteiger partial charge < -0.3 is 9.73 Å². The summed E-state index contributed by atoms with van der Waals surface area (Å²) in [6.45, 7) is 5.02. The molecule has 20 heavy (non-hydrogen) atoms. The van der Waals surface area contributed by atoms with Crippen LogP contribution in [-0.2, 0) is 6.54 Å². The molecule has 1 unspecified atom stereocenters. The van der Waals surface area contributed by atoms with Crippen molar-refractivity contribution in [3.05, 3.63) is 28.0 Å². The SMILES string of the molecule is O=[N+]([O-])c1ccc(CN2CCCC3(CCCNC3)C2)o1. The second-order valence-corrected chi connectivity index (χ2v) is 6.09. The number of piperidine rings is 2. The summed E-state index contributed by atoms with van der Waals surface area (Å²) in [5, 5.41) is 14.1. The third-order valence-electron chi connectivity index (χ3n) is 4.51. The number of nitrogens with zero attached hydrogens (tertiary/aromatic N) is 2. The first-order chi connectivity index (χ1) is 9.67. The fourth-order valence-corrected chi connectivity index (χ4v) is 3.59. The van der Waals surface area contributed by atoms with Crippen LogP contribution in [0.4, 0.5) is 5.88 Å². The Labute approximate surface area is 118 Å². The zero-order chi connectivity index (χ0) is 14.0. The summed E-state index contributed by atoms with van der Waals surface area (Å²) < 4.78 is 5.27. The van der Waals surface area contributed by atoms with E-state index in [0.717, 1.165) is 26.2 Å². The maximum atomic E-state index is 10.6. The highest BCUT2D eigenvalue weighted by Gasteiger charge is 2.36. The van der Waals surface area contributed by atoms with E-state index in [4.69, 9.17) is 4.42 Å². The predicted octanol–water partition coefficient (Wildman–Crippen LogP) is 2.15. The standard InChI is InChI=1S/C14H21N3O3/c18-17(19)13-4-3-12(20-13)9-16-8-2-6-14(11-16)5-1-7-15-10-14/h3-4,15H,1-2,5-11H2. The second kappa shape index (κ2) is 5.54. The van der Waals surface area contributed by atoms with Gasteiger partial charge in [-0.2, -0.15) is 0 Å². The van der Waals surface area contributed by atoms with Crippen LogP contribution in [0.3, 0.4) is 0 Å². The lowest BCUT2D eigenvalue weighted by Gasteiger charge is -2.45. The van der Waals surface area contributed by atoms with Crippen LogP contribution in [0.5, 0.6) is 0 Å². The highest BCUT2D eigenvalue weighted by molar-refractivity contribution is 5.17. The fourth-order valence-electron chi connectivity index (χ4n) is 3.59. The van der Waals surface area contributed by atoms with Crippen LogP contribution < -0.4 is 5.32 Å². The van der Waals surface area contributed by atoms with Gasteiger partial charge in [-0.25, -0.2) is 0 Å². The van der Waals surface area contributed by atoms with Gasteiger partial charge in [0.05, 0.1) is 12.6 Å². The number of nitro groups is 1. The number of likely N-dealkylation sites (tertiary alicyclic amines) is 1. The molecule has 0 aromatic carbocycles. The molecule has 1 atom stereocenters. The van der Waals surface area contributed by atoms with Gasteiger partial charge in [-0.15, -0.1) is 0 Å². The van der Waals surface area contributed by atoms with Crippen molar-refractivity contribution in [2.75, 3.05) is 26.2 Å². The molecule has 2 aliphatic rings. The maximum absolute atomic E-state index is 10.6. The van der Waals surface area contributed by atoms with Crippen molar-refractivity contribution in [3.63, 3.8) is 0 Å². The molecule has 0 radical (unpaired) electrons. The van der Waals surface area contributed by atoms with Crippen molar-refractivity contribution >= 4 is 5.88 Å². The molecule has 0 bridgehead atoms. The largest absolute Gasteiger partial charge is 0.433 e. The Hall–Kier alpha value is -1.40. The Balaban J connectivity index is 1.63. The molecule has 1 aromatic rings. The molecule has 1 aromatic heterocycles. The number of rotatable bonds is 3. The molecule has 2 fully saturated rings. The van der Waals surface area contributed by atoms with E-state index < -0.39 is 4.92 Å². The van der Waals surface area contributed by atoms with E-state index >= 15 is 0 Å². The molecule has 3 heterocycles. The molecule has 2 aliphatic heterocycles. The Kier molecular flexibility index (Phi) is 3.76. The topological polar surface area (TPSA) is 71.6 Å². The third-order valence-corrected chi connectivity index (χ3v) is 4.51. The van der Waals surface area contributed by atoms with Crippen LogP contribution in [0.15, 0.2) is 16.5 Å². The molecular formula is C14H21N3O3. The molecule has 3 rings (SSSR count). The first-order valence-corrected chi connectivity index (χ1v) is 7.33. The first kappa shape index (κ1) is 13.6. The van der Waals surface area contributed by atoms with Gasteiger partial charge in [-0.3, -0.25) is 15.0 Å². The van der Waals surface area contributed by atoms with E-state index in [2.05, 4.69) is 10.2 Å². The summed E-state index contributed by atoms with van der Waals surface area (Å²) in [4.78, 5) is 12.5. The molecule has 6 nitrogen and oxygen atoms in total. The molecule has 2 saturated heterocycles. The number of hydrogen-bond donors (Lipinski definition) is 1. The second-order valence-electron chi connectivity index (χ2n) is 6.09. The van der Waals surface area contributed by atoms with E-state index in [1.807, 2.05) is 0 Å². The van der Waals surface area contributed by atoms with Crippen molar-refractivity contribution in [2.45, 2.75) is 32.2 Å². The minimum Gasteiger partial charge on any atom is -0.404 e. The van der Waals surface area contributed by atoms with E-state index in [1.54, 1.807) is 6.07 Å². The average Bonchev–Trinajstić information content (AvgIpc) is 2.88. The summed E-state index contributed by atoms with van der Waals surface area (Å²) in [5.41, 5.74) is 0.398. The van der Waals surface area contributed by atoms with Crippen LogP contribution in [0, 0.1) is 15.5 Å². The third kappa shape index (κ3) is 2.86.